The number of anilines is 1. The summed E-state index contributed by atoms with van der Waals surface area (Å²) in [6.07, 6.45) is -0.194. The van der Waals surface area contributed by atoms with Crippen molar-refractivity contribution >= 4 is 45.8 Å². The van der Waals surface area contributed by atoms with E-state index in [1.54, 1.807) is 18.2 Å². The fourth-order valence-electron chi connectivity index (χ4n) is 1.98. The molecule has 0 fully saturated rings. The molecule has 1 heterocycles. The number of hydrogen-bond donors (Lipinski definition) is 0. The first kappa shape index (κ1) is 13.9. The molecule has 0 aliphatic rings. The molecule has 0 aliphatic carbocycles. The van der Waals surface area contributed by atoms with Crippen LogP contribution in [0, 0.1) is 0 Å². The van der Waals surface area contributed by atoms with Gasteiger partial charge in [0, 0.05) is 31.3 Å². The third kappa shape index (κ3) is 2.91. The fraction of sp³-hybridized carbons (Fsp3) is 0.231. The summed E-state index contributed by atoms with van der Waals surface area (Å²) in [7, 11) is 3.73. The van der Waals surface area contributed by atoms with E-state index in [2.05, 4.69) is 4.98 Å². The van der Waals surface area contributed by atoms with Crippen LogP contribution in [0.2, 0.25) is 10.0 Å². The number of H-pyrrole nitrogens is 1. The van der Waals surface area contributed by atoms with Crippen molar-refractivity contribution in [3.63, 3.8) is 0 Å². The van der Waals surface area contributed by atoms with Gasteiger partial charge in [-0.15, -0.1) is 0 Å². The van der Waals surface area contributed by atoms with E-state index in [9.17, 15) is 9.90 Å². The Labute approximate surface area is 120 Å². The third-order valence-electron chi connectivity index (χ3n) is 2.73. The van der Waals surface area contributed by atoms with E-state index in [1.165, 1.54) is 0 Å². The van der Waals surface area contributed by atoms with Crippen molar-refractivity contribution in [1.29, 1.82) is 0 Å². The number of carboxylic acids is 1. The van der Waals surface area contributed by atoms with Crippen LogP contribution in [0.25, 0.3) is 10.9 Å². The molecule has 0 spiro atoms. The lowest BCUT2D eigenvalue weighted by Crippen LogP contribution is -2.28. The lowest BCUT2D eigenvalue weighted by atomic mass is 10.1. The number of nitrogens with one attached hydrogen (secondary N) is 1. The topological polar surface area (TPSA) is 57.5 Å². The number of aliphatic carboxylic acids is 1. The molecule has 0 amide bonds. The molecule has 1 aromatic carbocycles. The number of carbonyl (C=O) groups excluding carboxylic acids is 1. The number of carbonyl (C=O) groups is 1. The van der Waals surface area contributed by atoms with Crippen molar-refractivity contribution in [2.24, 2.45) is 0 Å². The average Bonchev–Trinajstić information content (AvgIpc) is 2.25. The van der Waals surface area contributed by atoms with Gasteiger partial charge in [0.15, 0.2) is 5.69 Å². The number of pyridine rings is 1. The molecule has 0 radical (unpaired) electrons. The summed E-state index contributed by atoms with van der Waals surface area (Å²) in [6, 6.07) is 5.12. The minimum atomic E-state index is -1.14. The van der Waals surface area contributed by atoms with E-state index in [0.29, 0.717) is 21.3 Å². The van der Waals surface area contributed by atoms with Crippen LogP contribution in [-0.2, 0) is 11.2 Å². The summed E-state index contributed by atoms with van der Waals surface area (Å²) in [5.41, 5.74) is 2.06. The summed E-state index contributed by atoms with van der Waals surface area (Å²) >= 11 is 12.2. The molecule has 100 valence electrons. The first-order valence-corrected chi connectivity index (χ1v) is 6.35. The van der Waals surface area contributed by atoms with Crippen molar-refractivity contribution < 1.29 is 14.9 Å². The Morgan fingerprint density at radius 1 is 1.32 bits per heavy atom. The van der Waals surface area contributed by atoms with Crippen LogP contribution >= 0.6 is 23.2 Å². The molecule has 2 rings (SSSR count). The Morgan fingerprint density at radius 2 is 2.00 bits per heavy atom. The summed E-state index contributed by atoms with van der Waals surface area (Å²) in [5.74, 6) is -1.14. The molecule has 1 aromatic heterocycles. The normalized spacial score (nSPS) is 10.7. The predicted octanol–water partition coefficient (Wildman–Crippen LogP) is 1.32. The molecule has 1 N–H and O–H groups in total. The quantitative estimate of drug-likeness (QED) is 0.859. The van der Waals surface area contributed by atoms with Gasteiger partial charge in [-0.25, -0.2) is 4.98 Å². The first-order valence-electron chi connectivity index (χ1n) is 5.59. The number of hydrogen-bond acceptors (Lipinski definition) is 3. The lowest BCUT2D eigenvalue weighted by molar-refractivity contribution is -0.361. The van der Waals surface area contributed by atoms with E-state index in [0.717, 1.165) is 11.1 Å². The minimum absolute atomic E-state index is 0.194. The van der Waals surface area contributed by atoms with Crippen LogP contribution in [-0.4, -0.2) is 20.1 Å². The maximum Gasteiger partial charge on any atom is 0.216 e. The molecular formula is C13H12Cl2N2O2. The van der Waals surface area contributed by atoms with Gasteiger partial charge >= 0.3 is 0 Å². The van der Waals surface area contributed by atoms with Crippen LogP contribution in [0.3, 0.4) is 0 Å². The number of carboxylic acid groups (broad SMARTS) is 1. The zero-order chi connectivity index (χ0) is 14.2. The summed E-state index contributed by atoms with van der Waals surface area (Å²) in [5, 5.41) is 12.5. The number of rotatable bonds is 3. The zero-order valence-corrected chi connectivity index (χ0v) is 12.0. The van der Waals surface area contributed by atoms with E-state index in [-0.39, 0.29) is 6.42 Å². The highest BCUT2D eigenvalue weighted by atomic mass is 35.5. The van der Waals surface area contributed by atoms with Gasteiger partial charge in [-0.1, -0.05) is 23.2 Å². The number of aromatic nitrogens is 1. The SMILES string of the molecule is CN(C)c1cc(CC(=O)[O-])[nH+]c2cc(Cl)cc(Cl)c12. The summed E-state index contributed by atoms with van der Waals surface area (Å²) in [6.45, 7) is 0. The largest absolute Gasteiger partial charge is 0.550 e. The van der Waals surface area contributed by atoms with Crippen molar-refractivity contribution in [1.82, 2.24) is 0 Å². The third-order valence-corrected chi connectivity index (χ3v) is 3.25. The Hall–Kier alpha value is -1.52. The zero-order valence-electron chi connectivity index (χ0n) is 10.5. The molecule has 0 unspecified atom stereocenters. The minimum Gasteiger partial charge on any atom is -0.550 e. The first-order chi connectivity index (χ1) is 8.88. The highest BCUT2D eigenvalue weighted by Crippen LogP contribution is 2.32. The van der Waals surface area contributed by atoms with Gasteiger partial charge in [0.1, 0.15) is 0 Å². The molecule has 19 heavy (non-hydrogen) atoms. The summed E-state index contributed by atoms with van der Waals surface area (Å²) < 4.78 is 0. The molecule has 0 saturated heterocycles. The maximum absolute atomic E-state index is 10.7. The standard InChI is InChI=1S/C13H12Cl2N2O2/c1-17(2)11-5-8(6-12(18)19)16-10-4-7(14)3-9(15)13(10)11/h3-5H,6H2,1-2H3,(H,18,19). The fourth-order valence-corrected chi connectivity index (χ4v) is 2.57. The van der Waals surface area contributed by atoms with Gasteiger partial charge in [-0.2, -0.15) is 0 Å². The molecule has 6 heteroatoms. The van der Waals surface area contributed by atoms with Gasteiger partial charge in [-0.05, 0) is 6.07 Å². The number of halogens is 2. The van der Waals surface area contributed by atoms with Gasteiger partial charge in [0.2, 0.25) is 5.52 Å². The molecule has 0 aliphatic heterocycles. The number of benzene rings is 1. The maximum atomic E-state index is 10.7. The van der Waals surface area contributed by atoms with Crippen molar-refractivity contribution in [2.75, 3.05) is 19.0 Å². The molecule has 2 aromatic rings. The Morgan fingerprint density at radius 3 is 2.58 bits per heavy atom. The molecule has 0 atom stereocenters. The van der Waals surface area contributed by atoms with Crippen LogP contribution in [0.15, 0.2) is 18.2 Å². The smallest absolute Gasteiger partial charge is 0.216 e. The van der Waals surface area contributed by atoms with E-state index in [4.69, 9.17) is 23.2 Å². The second kappa shape index (κ2) is 5.23. The number of fused-ring (bicyclic) bond motifs is 1. The van der Waals surface area contributed by atoms with Gasteiger partial charge < -0.3 is 14.8 Å². The second-order valence-corrected chi connectivity index (χ2v) is 5.28. The van der Waals surface area contributed by atoms with E-state index >= 15 is 0 Å². The highest BCUT2D eigenvalue weighted by molar-refractivity contribution is 6.39. The summed E-state index contributed by atoms with van der Waals surface area (Å²) in [4.78, 5) is 15.6. The predicted molar refractivity (Wildman–Crippen MR) is 73.6 cm³/mol. The van der Waals surface area contributed by atoms with Crippen LogP contribution in [0.4, 0.5) is 5.69 Å². The van der Waals surface area contributed by atoms with Crippen molar-refractivity contribution in [2.45, 2.75) is 6.42 Å². The molecule has 4 nitrogen and oxygen atoms in total. The number of aromatic amines is 1. The monoisotopic (exact) mass is 298 g/mol. The van der Waals surface area contributed by atoms with Gasteiger partial charge in [0.25, 0.3) is 0 Å². The Kier molecular flexibility index (Phi) is 3.83. The van der Waals surface area contributed by atoms with Crippen molar-refractivity contribution in [3.05, 3.63) is 33.9 Å². The van der Waals surface area contributed by atoms with Gasteiger partial charge in [0.05, 0.1) is 28.5 Å². The van der Waals surface area contributed by atoms with Crippen LogP contribution in [0.1, 0.15) is 5.69 Å². The van der Waals surface area contributed by atoms with Crippen molar-refractivity contribution in [3.8, 4) is 0 Å². The lowest BCUT2D eigenvalue weighted by Gasteiger charge is -2.15. The highest BCUT2D eigenvalue weighted by Gasteiger charge is 2.17. The molecule has 0 bridgehead atoms. The average molecular weight is 299 g/mol. The van der Waals surface area contributed by atoms with Gasteiger partial charge in [-0.3, -0.25) is 0 Å². The Balaban J connectivity index is 2.75. The molecular weight excluding hydrogens is 287 g/mol. The van der Waals surface area contributed by atoms with Crippen LogP contribution < -0.4 is 15.0 Å². The number of nitrogens with zero attached hydrogens (tertiary/aromatic N) is 1. The Bertz CT molecular complexity index is 657. The van der Waals surface area contributed by atoms with Crippen LogP contribution in [0.5, 0.6) is 0 Å². The molecule has 0 saturated carbocycles. The van der Waals surface area contributed by atoms with E-state index in [1.807, 2.05) is 19.0 Å². The second-order valence-electron chi connectivity index (χ2n) is 4.43. The van der Waals surface area contributed by atoms with E-state index < -0.39 is 5.97 Å².